The normalized spacial score (nSPS) is 20.3. The smallest absolute Gasteiger partial charge is 0.127 e. The van der Waals surface area contributed by atoms with Crippen molar-refractivity contribution in [3.05, 3.63) is 24.3 Å². The molecule has 1 saturated heterocycles. The Morgan fingerprint density at radius 3 is 2.29 bits per heavy atom. The molecule has 1 heterocycles. The van der Waals surface area contributed by atoms with Crippen LogP contribution in [0.2, 0.25) is 0 Å². The van der Waals surface area contributed by atoms with Gasteiger partial charge in [0.1, 0.15) is 11.0 Å². The van der Waals surface area contributed by atoms with E-state index in [1.165, 1.54) is 0 Å². The summed E-state index contributed by atoms with van der Waals surface area (Å²) in [5.74, 6) is 0. The van der Waals surface area contributed by atoms with Crippen molar-refractivity contribution in [2.24, 2.45) is 0 Å². The molecule has 2 N–H and O–H groups in total. The number of nitrogens with zero attached hydrogens (tertiary/aromatic N) is 2. The van der Waals surface area contributed by atoms with Crippen LogP contribution in [0.1, 0.15) is 6.92 Å². The Morgan fingerprint density at radius 1 is 1.18 bits per heavy atom. The quantitative estimate of drug-likeness (QED) is 0.815. The van der Waals surface area contributed by atoms with Gasteiger partial charge in [0.15, 0.2) is 0 Å². The molecule has 1 fully saturated rings. The molecule has 0 amide bonds. The Hall–Kier alpha value is -0.910. The fourth-order valence-electron chi connectivity index (χ4n) is 1.94. The largest absolute Gasteiger partial charge is 0.399 e. The lowest BCUT2D eigenvalue weighted by atomic mass is 10.3. The van der Waals surface area contributed by atoms with Crippen molar-refractivity contribution in [2.75, 3.05) is 38.5 Å². The van der Waals surface area contributed by atoms with Gasteiger partial charge in [-0.05, 0) is 30.8 Å². The molecule has 5 heteroatoms. The Morgan fingerprint density at radius 2 is 1.76 bits per heavy atom. The second-order valence-corrected chi connectivity index (χ2v) is 5.67. The fourth-order valence-corrected chi connectivity index (χ4v) is 3.11. The van der Waals surface area contributed by atoms with Crippen LogP contribution in [0.15, 0.2) is 29.2 Å². The van der Waals surface area contributed by atoms with Crippen molar-refractivity contribution in [3.8, 4) is 0 Å². The van der Waals surface area contributed by atoms with Gasteiger partial charge in [0.05, 0.1) is 4.90 Å². The Kier molecular flexibility index (Phi) is 4.15. The minimum atomic E-state index is -1.04. The van der Waals surface area contributed by atoms with Gasteiger partial charge in [0.2, 0.25) is 0 Å². The van der Waals surface area contributed by atoms with E-state index < -0.39 is 11.0 Å². The summed E-state index contributed by atoms with van der Waals surface area (Å²) in [5.41, 5.74) is 6.33. The molecule has 1 aliphatic rings. The number of hydrogen-bond acceptors (Lipinski definition) is 3. The molecule has 0 spiro atoms. The SMILES string of the molecule is CCN1CCN(S(=O)c2ccc(N)cc2)CC1. The Bertz CT molecular complexity index is 385. The zero-order valence-corrected chi connectivity index (χ0v) is 10.9. The molecule has 17 heavy (non-hydrogen) atoms. The molecule has 4 nitrogen and oxygen atoms in total. The summed E-state index contributed by atoms with van der Waals surface area (Å²) < 4.78 is 14.3. The topological polar surface area (TPSA) is 49.6 Å². The van der Waals surface area contributed by atoms with E-state index in [0.717, 1.165) is 37.6 Å². The van der Waals surface area contributed by atoms with Crippen LogP contribution in [0.4, 0.5) is 5.69 Å². The number of nitrogen functional groups attached to an aromatic ring is 1. The lowest BCUT2D eigenvalue weighted by Crippen LogP contribution is -2.46. The number of rotatable bonds is 3. The highest BCUT2D eigenvalue weighted by atomic mass is 32.2. The van der Waals surface area contributed by atoms with Gasteiger partial charge in [-0.15, -0.1) is 0 Å². The van der Waals surface area contributed by atoms with Crippen molar-refractivity contribution in [2.45, 2.75) is 11.8 Å². The van der Waals surface area contributed by atoms with Gasteiger partial charge < -0.3 is 10.6 Å². The van der Waals surface area contributed by atoms with E-state index in [1.807, 2.05) is 16.4 Å². The number of nitrogens with two attached hydrogens (primary N) is 1. The molecule has 1 aromatic carbocycles. The van der Waals surface area contributed by atoms with Crippen LogP contribution in [0, 0.1) is 0 Å². The van der Waals surface area contributed by atoms with Crippen molar-refractivity contribution in [1.82, 2.24) is 9.21 Å². The minimum Gasteiger partial charge on any atom is -0.399 e. The molecular weight excluding hydrogens is 234 g/mol. The van der Waals surface area contributed by atoms with E-state index in [1.54, 1.807) is 12.1 Å². The van der Waals surface area contributed by atoms with Crippen molar-refractivity contribution in [1.29, 1.82) is 0 Å². The van der Waals surface area contributed by atoms with E-state index in [2.05, 4.69) is 11.8 Å². The second kappa shape index (κ2) is 5.62. The Labute approximate surface area is 105 Å². The molecule has 1 unspecified atom stereocenters. The fraction of sp³-hybridized carbons (Fsp3) is 0.500. The zero-order chi connectivity index (χ0) is 12.3. The van der Waals surface area contributed by atoms with Gasteiger partial charge in [0, 0.05) is 31.9 Å². The van der Waals surface area contributed by atoms with Gasteiger partial charge >= 0.3 is 0 Å². The van der Waals surface area contributed by atoms with Crippen LogP contribution < -0.4 is 5.73 Å². The van der Waals surface area contributed by atoms with Gasteiger partial charge in [-0.2, -0.15) is 0 Å². The summed E-state index contributed by atoms with van der Waals surface area (Å²) in [5, 5.41) is 0. The maximum Gasteiger partial charge on any atom is 0.127 e. The molecule has 2 rings (SSSR count). The van der Waals surface area contributed by atoms with Crippen molar-refractivity contribution >= 4 is 16.7 Å². The third-order valence-corrected chi connectivity index (χ3v) is 4.60. The van der Waals surface area contributed by atoms with Crippen molar-refractivity contribution < 1.29 is 4.21 Å². The first-order valence-electron chi connectivity index (χ1n) is 5.95. The summed E-state index contributed by atoms with van der Waals surface area (Å²) in [6, 6.07) is 7.29. The maximum absolute atomic E-state index is 12.3. The number of benzene rings is 1. The molecule has 0 radical (unpaired) electrons. The van der Waals surface area contributed by atoms with Crippen molar-refractivity contribution in [3.63, 3.8) is 0 Å². The predicted molar refractivity (Wildman–Crippen MR) is 70.9 cm³/mol. The van der Waals surface area contributed by atoms with E-state index in [9.17, 15) is 4.21 Å². The van der Waals surface area contributed by atoms with E-state index in [4.69, 9.17) is 5.73 Å². The molecule has 94 valence electrons. The molecule has 1 aromatic rings. The molecule has 0 aliphatic carbocycles. The summed E-state index contributed by atoms with van der Waals surface area (Å²) in [6.45, 7) is 6.96. The summed E-state index contributed by atoms with van der Waals surface area (Å²) in [6.07, 6.45) is 0. The van der Waals surface area contributed by atoms with Gasteiger partial charge in [0.25, 0.3) is 0 Å². The van der Waals surface area contributed by atoms with Crippen LogP contribution >= 0.6 is 0 Å². The first-order valence-corrected chi connectivity index (χ1v) is 7.06. The first kappa shape index (κ1) is 12.5. The standard InChI is InChI=1S/C12H19N3OS/c1-2-14-7-9-15(10-8-14)17(16)12-5-3-11(13)4-6-12/h3-6H,2,7-10,13H2,1H3. The lowest BCUT2D eigenvalue weighted by molar-refractivity contribution is 0.201. The summed E-state index contributed by atoms with van der Waals surface area (Å²) in [7, 11) is -1.04. The lowest BCUT2D eigenvalue weighted by Gasteiger charge is -2.32. The van der Waals surface area contributed by atoms with Gasteiger partial charge in [-0.1, -0.05) is 6.92 Å². The molecular formula is C12H19N3OS. The van der Waals surface area contributed by atoms with Gasteiger partial charge in [-0.3, -0.25) is 0 Å². The highest BCUT2D eigenvalue weighted by molar-refractivity contribution is 7.82. The minimum absolute atomic E-state index is 0.710. The zero-order valence-electron chi connectivity index (χ0n) is 10.1. The van der Waals surface area contributed by atoms with Crippen LogP contribution in [-0.4, -0.2) is 46.1 Å². The van der Waals surface area contributed by atoms with Crippen LogP contribution in [0.3, 0.4) is 0 Å². The number of likely N-dealkylation sites (N-methyl/N-ethyl adjacent to an activating group) is 1. The average Bonchev–Trinajstić information content (AvgIpc) is 2.39. The highest BCUT2D eigenvalue weighted by Crippen LogP contribution is 2.15. The predicted octanol–water partition coefficient (Wildman–Crippen LogP) is 0.929. The first-order chi connectivity index (χ1) is 8.20. The molecule has 1 aliphatic heterocycles. The summed E-state index contributed by atoms with van der Waals surface area (Å²) >= 11 is 0. The second-order valence-electron chi connectivity index (χ2n) is 4.18. The average molecular weight is 253 g/mol. The van der Waals surface area contributed by atoms with Crippen LogP contribution in [-0.2, 0) is 11.0 Å². The summed E-state index contributed by atoms with van der Waals surface area (Å²) in [4.78, 5) is 3.21. The third kappa shape index (κ3) is 3.06. The van der Waals surface area contributed by atoms with E-state index >= 15 is 0 Å². The van der Waals surface area contributed by atoms with E-state index in [-0.39, 0.29) is 0 Å². The number of piperazine rings is 1. The molecule has 0 aromatic heterocycles. The maximum atomic E-state index is 12.3. The van der Waals surface area contributed by atoms with E-state index in [0.29, 0.717) is 5.69 Å². The third-order valence-electron chi connectivity index (χ3n) is 3.09. The van der Waals surface area contributed by atoms with Gasteiger partial charge in [-0.25, -0.2) is 8.51 Å². The van der Waals surface area contributed by atoms with Crippen LogP contribution in [0.25, 0.3) is 0 Å². The highest BCUT2D eigenvalue weighted by Gasteiger charge is 2.20. The molecule has 0 bridgehead atoms. The molecule has 1 atom stereocenters. The van der Waals surface area contributed by atoms with Crippen LogP contribution in [0.5, 0.6) is 0 Å². The number of anilines is 1. The monoisotopic (exact) mass is 253 g/mol. The number of hydrogen-bond donors (Lipinski definition) is 1. The Balaban J connectivity index is 1.99. The molecule has 0 saturated carbocycles.